The van der Waals surface area contributed by atoms with Crippen LogP contribution >= 0.6 is 0 Å². The van der Waals surface area contributed by atoms with Crippen LogP contribution in [0.25, 0.3) is 0 Å². The number of benzene rings is 2. The zero-order valence-corrected chi connectivity index (χ0v) is 10.8. The van der Waals surface area contributed by atoms with Crippen molar-refractivity contribution in [3.8, 4) is 0 Å². The summed E-state index contributed by atoms with van der Waals surface area (Å²) in [5.41, 5.74) is 2.02. The molecule has 0 aromatic heterocycles. The molecule has 1 unspecified atom stereocenters. The van der Waals surface area contributed by atoms with Crippen molar-refractivity contribution in [3.63, 3.8) is 0 Å². The Balaban J connectivity index is 2.17. The fraction of sp³-hybridized carbons (Fsp3) is 0.235. The monoisotopic (exact) mass is 238 g/mol. The second kappa shape index (κ2) is 5.63. The lowest BCUT2D eigenvalue weighted by Crippen LogP contribution is -2.17. The van der Waals surface area contributed by atoms with Crippen LogP contribution in [-0.2, 0) is 0 Å². The smallest absolute Gasteiger partial charge is 0.166 e. The molecule has 18 heavy (non-hydrogen) atoms. The molecule has 1 heteroatoms. The molecule has 0 aliphatic rings. The standard InChI is InChI=1S/C17H18O/c1-13(15-9-5-3-6-10-15)14(2)17(18)16-11-7-4-8-12-16/h3-14H,1-2H3/t13?,14-/m1/s1. The van der Waals surface area contributed by atoms with Crippen molar-refractivity contribution < 1.29 is 4.79 Å². The van der Waals surface area contributed by atoms with Crippen LogP contribution in [0, 0.1) is 5.92 Å². The largest absolute Gasteiger partial charge is 0.294 e. The van der Waals surface area contributed by atoms with E-state index in [1.807, 2.05) is 55.5 Å². The zero-order chi connectivity index (χ0) is 13.0. The van der Waals surface area contributed by atoms with E-state index >= 15 is 0 Å². The maximum absolute atomic E-state index is 12.4. The van der Waals surface area contributed by atoms with Gasteiger partial charge in [-0.3, -0.25) is 4.79 Å². The van der Waals surface area contributed by atoms with Gasteiger partial charge in [-0.1, -0.05) is 74.5 Å². The molecule has 0 spiro atoms. The number of ketones is 1. The van der Waals surface area contributed by atoms with Crippen LogP contribution in [0.1, 0.15) is 35.7 Å². The van der Waals surface area contributed by atoms with Crippen LogP contribution in [-0.4, -0.2) is 5.78 Å². The van der Waals surface area contributed by atoms with E-state index in [0.29, 0.717) is 0 Å². The first kappa shape index (κ1) is 12.6. The molecule has 0 aliphatic carbocycles. The SMILES string of the molecule is CC(c1ccccc1)[C@@H](C)C(=O)c1ccccc1. The first-order valence-corrected chi connectivity index (χ1v) is 6.34. The molecule has 0 saturated heterocycles. The van der Waals surface area contributed by atoms with Gasteiger partial charge in [0.25, 0.3) is 0 Å². The highest BCUT2D eigenvalue weighted by atomic mass is 16.1. The molecule has 0 aliphatic heterocycles. The molecular weight excluding hydrogens is 220 g/mol. The summed E-state index contributed by atoms with van der Waals surface area (Å²) < 4.78 is 0. The maximum Gasteiger partial charge on any atom is 0.166 e. The van der Waals surface area contributed by atoms with Gasteiger partial charge in [0, 0.05) is 11.5 Å². The van der Waals surface area contributed by atoms with Gasteiger partial charge in [-0.25, -0.2) is 0 Å². The third kappa shape index (κ3) is 2.67. The van der Waals surface area contributed by atoms with E-state index in [4.69, 9.17) is 0 Å². The molecule has 0 saturated carbocycles. The molecule has 92 valence electrons. The molecule has 0 fully saturated rings. The summed E-state index contributed by atoms with van der Waals surface area (Å²) in [6, 6.07) is 19.7. The molecule has 0 radical (unpaired) electrons. The Kier molecular flexibility index (Phi) is 3.93. The van der Waals surface area contributed by atoms with E-state index in [2.05, 4.69) is 19.1 Å². The van der Waals surface area contributed by atoms with E-state index in [9.17, 15) is 4.79 Å². The fourth-order valence-corrected chi connectivity index (χ4v) is 2.14. The molecule has 0 heterocycles. The molecule has 2 atom stereocenters. The average molecular weight is 238 g/mol. The Labute approximate surface area is 108 Å². The predicted octanol–water partition coefficient (Wildman–Crippen LogP) is 4.31. The summed E-state index contributed by atoms with van der Waals surface area (Å²) in [5, 5.41) is 0. The molecule has 2 rings (SSSR count). The number of rotatable bonds is 4. The Morgan fingerprint density at radius 1 is 0.833 bits per heavy atom. The van der Waals surface area contributed by atoms with Crippen LogP contribution in [0.3, 0.4) is 0 Å². The second-order valence-electron chi connectivity index (χ2n) is 4.72. The van der Waals surface area contributed by atoms with E-state index < -0.39 is 0 Å². The molecular formula is C17H18O. The summed E-state index contributed by atoms with van der Waals surface area (Å²) >= 11 is 0. The number of carbonyl (C=O) groups is 1. The molecule has 1 nitrogen and oxygen atoms in total. The minimum atomic E-state index is -0.00481. The van der Waals surface area contributed by atoms with E-state index in [1.165, 1.54) is 5.56 Å². The summed E-state index contributed by atoms with van der Waals surface area (Å²) in [6.45, 7) is 4.12. The molecule has 0 amide bonds. The van der Waals surface area contributed by atoms with Crippen molar-refractivity contribution in [2.45, 2.75) is 19.8 Å². The summed E-state index contributed by atoms with van der Waals surface area (Å²) in [7, 11) is 0. The second-order valence-corrected chi connectivity index (χ2v) is 4.72. The highest BCUT2D eigenvalue weighted by Gasteiger charge is 2.22. The maximum atomic E-state index is 12.4. The van der Waals surface area contributed by atoms with Gasteiger partial charge >= 0.3 is 0 Å². The number of Topliss-reactive ketones (excluding diaryl/α,β-unsaturated/α-hetero) is 1. The number of hydrogen-bond acceptors (Lipinski definition) is 1. The first-order valence-electron chi connectivity index (χ1n) is 6.34. The highest BCUT2D eigenvalue weighted by molar-refractivity contribution is 5.98. The van der Waals surface area contributed by atoms with E-state index in [1.54, 1.807) is 0 Å². The van der Waals surface area contributed by atoms with Gasteiger partial charge in [-0.15, -0.1) is 0 Å². The number of hydrogen-bond donors (Lipinski definition) is 0. The van der Waals surface area contributed by atoms with Crippen LogP contribution in [0.15, 0.2) is 60.7 Å². The molecule has 0 bridgehead atoms. The fourth-order valence-electron chi connectivity index (χ4n) is 2.14. The quantitative estimate of drug-likeness (QED) is 0.725. The molecule has 2 aromatic rings. The lowest BCUT2D eigenvalue weighted by molar-refractivity contribution is 0.0915. The summed E-state index contributed by atoms with van der Waals surface area (Å²) in [4.78, 5) is 12.4. The van der Waals surface area contributed by atoms with Gasteiger partial charge in [0.05, 0.1) is 0 Å². The zero-order valence-electron chi connectivity index (χ0n) is 10.8. The summed E-state index contributed by atoms with van der Waals surface area (Å²) in [6.07, 6.45) is 0. The van der Waals surface area contributed by atoms with Crippen LogP contribution < -0.4 is 0 Å². The minimum absolute atomic E-state index is 0.00481. The lowest BCUT2D eigenvalue weighted by atomic mass is 9.84. The van der Waals surface area contributed by atoms with Crippen molar-refractivity contribution in [2.24, 2.45) is 5.92 Å². The summed E-state index contributed by atoms with van der Waals surface area (Å²) in [5.74, 6) is 0.445. The molecule has 2 aromatic carbocycles. The normalized spacial score (nSPS) is 13.9. The van der Waals surface area contributed by atoms with Crippen molar-refractivity contribution in [3.05, 3.63) is 71.8 Å². The highest BCUT2D eigenvalue weighted by Crippen LogP contribution is 2.26. The third-order valence-electron chi connectivity index (χ3n) is 3.55. The Morgan fingerprint density at radius 2 is 1.33 bits per heavy atom. The van der Waals surface area contributed by atoms with Gasteiger partial charge in [0.1, 0.15) is 0 Å². The molecule has 0 N–H and O–H groups in total. The number of carbonyl (C=O) groups excluding carboxylic acids is 1. The van der Waals surface area contributed by atoms with Crippen molar-refractivity contribution in [1.82, 2.24) is 0 Å². The van der Waals surface area contributed by atoms with E-state index in [-0.39, 0.29) is 17.6 Å². The van der Waals surface area contributed by atoms with Gasteiger partial charge in [-0.05, 0) is 11.5 Å². The van der Waals surface area contributed by atoms with Gasteiger partial charge < -0.3 is 0 Å². The van der Waals surface area contributed by atoms with Crippen LogP contribution in [0.5, 0.6) is 0 Å². The van der Waals surface area contributed by atoms with Gasteiger partial charge in [-0.2, -0.15) is 0 Å². The van der Waals surface area contributed by atoms with Crippen molar-refractivity contribution in [1.29, 1.82) is 0 Å². The van der Waals surface area contributed by atoms with E-state index in [0.717, 1.165) is 5.56 Å². The van der Waals surface area contributed by atoms with Crippen molar-refractivity contribution in [2.75, 3.05) is 0 Å². The van der Waals surface area contributed by atoms with Gasteiger partial charge in [0.2, 0.25) is 0 Å². The van der Waals surface area contributed by atoms with Gasteiger partial charge in [0.15, 0.2) is 5.78 Å². The Bertz CT molecular complexity index is 502. The lowest BCUT2D eigenvalue weighted by Gasteiger charge is -2.19. The minimum Gasteiger partial charge on any atom is -0.294 e. The van der Waals surface area contributed by atoms with Crippen LogP contribution in [0.2, 0.25) is 0 Å². The predicted molar refractivity (Wildman–Crippen MR) is 74.8 cm³/mol. The Morgan fingerprint density at radius 3 is 1.89 bits per heavy atom. The average Bonchev–Trinajstić information content (AvgIpc) is 2.47. The van der Waals surface area contributed by atoms with Crippen molar-refractivity contribution >= 4 is 5.78 Å². The first-order chi connectivity index (χ1) is 8.70. The Hall–Kier alpha value is -1.89. The third-order valence-corrected chi connectivity index (χ3v) is 3.55. The topological polar surface area (TPSA) is 17.1 Å². The van der Waals surface area contributed by atoms with Crippen LogP contribution in [0.4, 0.5) is 0 Å².